The quantitative estimate of drug-likeness (QED) is 0.496. The number of sulfonamides is 1. The molecule has 186 valence electrons. The van der Waals surface area contributed by atoms with Crippen molar-refractivity contribution < 1.29 is 22.4 Å². The fraction of sp³-hybridized carbons (Fsp3) is 0.391. The second kappa shape index (κ2) is 11.9. The van der Waals surface area contributed by atoms with E-state index in [1.54, 1.807) is 20.8 Å². The molecule has 0 aliphatic heterocycles. The molecule has 0 spiro atoms. The van der Waals surface area contributed by atoms with E-state index >= 15 is 0 Å². The van der Waals surface area contributed by atoms with Gasteiger partial charge in [0.05, 0.1) is 22.0 Å². The molecule has 0 saturated carbocycles. The topological polar surface area (TPSA) is 86.8 Å². The van der Waals surface area contributed by atoms with Crippen molar-refractivity contribution in [3.63, 3.8) is 0 Å². The Morgan fingerprint density at radius 3 is 2.18 bits per heavy atom. The summed E-state index contributed by atoms with van der Waals surface area (Å²) in [6.07, 6.45) is 1.26. The third-order valence-corrected chi connectivity index (χ3v) is 6.83. The molecular weight excluding hydrogens is 504 g/mol. The maximum absolute atomic E-state index is 13.5. The number of hydrogen-bond donors (Lipinski definition) is 1. The minimum absolute atomic E-state index is 0.0118. The molecule has 2 rings (SSSR count). The third kappa shape index (κ3) is 7.58. The van der Waals surface area contributed by atoms with Gasteiger partial charge in [0.25, 0.3) is 0 Å². The van der Waals surface area contributed by atoms with Crippen LogP contribution < -0.4 is 9.62 Å². The number of nitrogens with zero attached hydrogens (tertiary/aromatic N) is 2. The van der Waals surface area contributed by atoms with E-state index in [2.05, 4.69) is 5.32 Å². The Morgan fingerprint density at radius 1 is 1.06 bits per heavy atom. The molecule has 0 aromatic heterocycles. The van der Waals surface area contributed by atoms with Crippen molar-refractivity contribution in [3.05, 3.63) is 63.9 Å². The van der Waals surface area contributed by atoms with Gasteiger partial charge in [0.1, 0.15) is 18.4 Å². The van der Waals surface area contributed by atoms with Gasteiger partial charge in [-0.1, -0.05) is 42.3 Å². The van der Waals surface area contributed by atoms with E-state index < -0.39 is 34.3 Å². The van der Waals surface area contributed by atoms with Crippen LogP contribution in [0.5, 0.6) is 0 Å². The molecule has 7 nitrogen and oxygen atoms in total. The van der Waals surface area contributed by atoms with Crippen molar-refractivity contribution in [2.75, 3.05) is 17.1 Å². The molecule has 1 atom stereocenters. The van der Waals surface area contributed by atoms with Crippen LogP contribution in [0.15, 0.2) is 42.5 Å². The lowest BCUT2D eigenvalue weighted by Gasteiger charge is -2.33. The van der Waals surface area contributed by atoms with Crippen LogP contribution in [0.1, 0.15) is 32.8 Å². The van der Waals surface area contributed by atoms with Crippen molar-refractivity contribution in [1.29, 1.82) is 0 Å². The summed E-state index contributed by atoms with van der Waals surface area (Å²) in [5, 5.41) is 3.16. The van der Waals surface area contributed by atoms with Crippen molar-refractivity contribution in [3.8, 4) is 0 Å². The first-order valence-electron chi connectivity index (χ1n) is 10.6. The van der Waals surface area contributed by atoms with Gasteiger partial charge >= 0.3 is 0 Å². The van der Waals surface area contributed by atoms with Gasteiger partial charge in [0, 0.05) is 12.6 Å². The Bertz CT molecular complexity index is 1130. The Labute approximate surface area is 209 Å². The first-order valence-corrected chi connectivity index (χ1v) is 13.2. The van der Waals surface area contributed by atoms with Gasteiger partial charge in [0.2, 0.25) is 21.8 Å². The van der Waals surface area contributed by atoms with Crippen LogP contribution in [0, 0.1) is 5.82 Å². The summed E-state index contributed by atoms with van der Waals surface area (Å²) in [5.41, 5.74) is 0.748. The van der Waals surface area contributed by atoms with E-state index in [4.69, 9.17) is 23.2 Å². The third-order valence-electron chi connectivity index (χ3n) is 4.95. The molecule has 0 aliphatic rings. The van der Waals surface area contributed by atoms with E-state index in [0.717, 1.165) is 10.6 Å². The zero-order valence-electron chi connectivity index (χ0n) is 19.4. The molecule has 2 amide bonds. The molecule has 2 aromatic rings. The first-order chi connectivity index (χ1) is 15.8. The van der Waals surface area contributed by atoms with Crippen LogP contribution in [0.3, 0.4) is 0 Å². The molecule has 0 heterocycles. The van der Waals surface area contributed by atoms with Gasteiger partial charge in [-0.05, 0) is 56.2 Å². The highest BCUT2D eigenvalue weighted by Gasteiger charge is 2.32. The largest absolute Gasteiger partial charge is 0.352 e. The van der Waals surface area contributed by atoms with Gasteiger partial charge in [-0.15, -0.1) is 0 Å². The fourth-order valence-corrected chi connectivity index (χ4v) is 4.47. The summed E-state index contributed by atoms with van der Waals surface area (Å²) in [6, 6.07) is 8.73. The summed E-state index contributed by atoms with van der Waals surface area (Å²) in [5.74, 6) is -1.41. The number of rotatable bonds is 10. The van der Waals surface area contributed by atoms with Gasteiger partial charge in [-0.3, -0.25) is 13.9 Å². The summed E-state index contributed by atoms with van der Waals surface area (Å²) in [7, 11) is -3.89. The maximum Gasteiger partial charge on any atom is 0.244 e. The molecular formula is C23H28Cl2FN3O4S. The summed E-state index contributed by atoms with van der Waals surface area (Å²) in [6.45, 7) is 4.77. The van der Waals surface area contributed by atoms with E-state index in [1.807, 2.05) is 0 Å². The Kier molecular flexibility index (Phi) is 9.73. The number of nitrogens with one attached hydrogen (secondary N) is 1. The highest BCUT2D eigenvalue weighted by molar-refractivity contribution is 7.92. The molecule has 0 fully saturated rings. The van der Waals surface area contributed by atoms with Gasteiger partial charge in [0.15, 0.2) is 0 Å². The van der Waals surface area contributed by atoms with Gasteiger partial charge < -0.3 is 10.2 Å². The molecule has 0 saturated heterocycles. The Balaban J connectivity index is 2.45. The fourth-order valence-electron chi connectivity index (χ4n) is 3.34. The van der Waals surface area contributed by atoms with E-state index in [0.29, 0.717) is 5.56 Å². The van der Waals surface area contributed by atoms with Crippen molar-refractivity contribution in [1.82, 2.24) is 10.2 Å². The second-order valence-corrected chi connectivity index (χ2v) is 10.8. The predicted octanol–water partition coefficient (Wildman–Crippen LogP) is 4.23. The average Bonchev–Trinajstić information content (AvgIpc) is 2.74. The lowest BCUT2D eigenvalue weighted by atomic mass is 10.1. The molecule has 1 N–H and O–H groups in total. The molecule has 0 aliphatic carbocycles. The normalized spacial score (nSPS) is 12.4. The van der Waals surface area contributed by atoms with Gasteiger partial charge in [-0.2, -0.15) is 0 Å². The molecule has 2 aromatic carbocycles. The molecule has 34 heavy (non-hydrogen) atoms. The average molecular weight is 532 g/mol. The molecule has 0 radical (unpaired) electrons. The summed E-state index contributed by atoms with van der Waals surface area (Å²) < 4.78 is 39.4. The lowest BCUT2D eigenvalue weighted by Crippen LogP contribution is -2.53. The molecule has 11 heteroatoms. The van der Waals surface area contributed by atoms with Crippen molar-refractivity contribution >= 4 is 50.7 Å². The number of halogens is 3. The van der Waals surface area contributed by atoms with Crippen LogP contribution in [0.4, 0.5) is 10.1 Å². The predicted molar refractivity (Wildman–Crippen MR) is 133 cm³/mol. The van der Waals surface area contributed by atoms with Gasteiger partial charge in [-0.25, -0.2) is 12.8 Å². The minimum Gasteiger partial charge on any atom is -0.352 e. The Hall–Kier alpha value is -2.36. The number of benzene rings is 2. The maximum atomic E-state index is 13.5. The number of anilines is 1. The number of carbonyl (C=O) groups is 2. The van der Waals surface area contributed by atoms with Crippen LogP contribution in [-0.2, 0) is 26.2 Å². The smallest absolute Gasteiger partial charge is 0.244 e. The number of hydrogen-bond acceptors (Lipinski definition) is 4. The zero-order chi connectivity index (χ0) is 25.6. The van der Waals surface area contributed by atoms with Crippen LogP contribution in [0.25, 0.3) is 0 Å². The van der Waals surface area contributed by atoms with Crippen LogP contribution >= 0.6 is 23.2 Å². The first kappa shape index (κ1) is 27.9. The summed E-state index contributed by atoms with van der Waals surface area (Å²) >= 11 is 12.0. The molecule has 0 unspecified atom stereocenters. The highest BCUT2D eigenvalue weighted by Crippen LogP contribution is 2.28. The van der Waals surface area contributed by atoms with Crippen molar-refractivity contribution in [2.45, 2.75) is 45.8 Å². The van der Waals surface area contributed by atoms with E-state index in [9.17, 15) is 22.4 Å². The van der Waals surface area contributed by atoms with E-state index in [1.165, 1.54) is 47.4 Å². The highest BCUT2D eigenvalue weighted by atomic mass is 35.5. The van der Waals surface area contributed by atoms with E-state index in [-0.39, 0.29) is 40.6 Å². The number of carbonyl (C=O) groups excluding carboxylic acids is 2. The SMILES string of the molecule is CC[C@@H](C(=O)NC(C)C)N(Cc1ccc(F)cc1)C(=O)CN(c1ccc(Cl)c(Cl)c1)S(C)(=O)=O. The number of amides is 2. The Morgan fingerprint density at radius 2 is 1.68 bits per heavy atom. The summed E-state index contributed by atoms with van der Waals surface area (Å²) in [4.78, 5) is 27.7. The van der Waals surface area contributed by atoms with Crippen LogP contribution in [-0.4, -0.2) is 50.0 Å². The minimum atomic E-state index is -3.89. The monoisotopic (exact) mass is 531 g/mol. The zero-order valence-corrected chi connectivity index (χ0v) is 21.7. The standard InChI is InChI=1S/C23H28Cl2FN3O4S/c1-5-21(23(31)27-15(2)3)28(13-16-6-8-17(26)9-7-16)22(30)14-29(34(4,32)33)18-10-11-19(24)20(25)12-18/h6-12,15,21H,5,13-14H2,1-4H3,(H,27,31)/t21-/m0/s1. The van der Waals surface area contributed by atoms with Crippen molar-refractivity contribution in [2.24, 2.45) is 0 Å². The lowest BCUT2D eigenvalue weighted by molar-refractivity contribution is -0.140. The second-order valence-electron chi connectivity index (χ2n) is 8.10. The van der Waals surface area contributed by atoms with Crippen LogP contribution in [0.2, 0.25) is 10.0 Å². The molecule has 0 bridgehead atoms.